The number of esters is 2. The van der Waals surface area contributed by atoms with Crippen molar-refractivity contribution in [3.05, 3.63) is 12.7 Å². The first-order chi connectivity index (χ1) is 10.2. The Balaban J connectivity index is 3.16. The summed E-state index contributed by atoms with van der Waals surface area (Å²) in [6, 6.07) is 0. The predicted molar refractivity (Wildman–Crippen MR) is 77.9 cm³/mol. The lowest BCUT2D eigenvalue weighted by Gasteiger charge is -2.07. The summed E-state index contributed by atoms with van der Waals surface area (Å²) in [7, 11) is 0. The summed E-state index contributed by atoms with van der Waals surface area (Å²) in [5.74, 6) is -0.636. The van der Waals surface area contributed by atoms with Gasteiger partial charge in [0.25, 0.3) is 0 Å². The summed E-state index contributed by atoms with van der Waals surface area (Å²) >= 11 is 0. The van der Waals surface area contributed by atoms with Gasteiger partial charge in [-0.05, 0) is 6.42 Å². The Morgan fingerprint density at radius 1 is 0.905 bits per heavy atom. The molecule has 0 rings (SSSR count). The van der Waals surface area contributed by atoms with Crippen LogP contribution >= 0.6 is 0 Å². The highest BCUT2D eigenvalue weighted by molar-refractivity contribution is 5.81. The van der Waals surface area contributed by atoms with Crippen LogP contribution in [0, 0.1) is 0 Å². The van der Waals surface area contributed by atoms with Crippen LogP contribution in [0.2, 0.25) is 0 Å². The van der Waals surface area contributed by atoms with Gasteiger partial charge in [-0.2, -0.15) is 0 Å². The van der Waals surface area contributed by atoms with Gasteiger partial charge < -0.3 is 18.9 Å². The molecule has 0 bridgehead atoms. The monoisotopic (exact) mass is 302 g/mol. The molecule has 0 aromatic rings. The molecule has 0 aliphatic heterocycles. The van der Waals surface area contributed by atoms with E-state index in [1.165, 1.54) is 0 Å². The summed E-state index contributed by atoms with van der Waals surface area (Å²) in [4.78, 5) is 21.9. The van der Waals surface area contributed by atoms with Crippen molar-refractivity contribution in [2.75, 3.05) is 39.6 Å². The van der Waals surface area contributed by atoms with Crippen LogP contribution in [-0.2, 0) is 28.5 Å². The lowest BCUT2D eigenvalue weighted by atomic mass is 10.2. The van der Waals surface area contributed by atoms with Gasteiger partial charge in [0.15, 0.2) is 0 Å². The molecule has 0 radical (unpaired) electrons. The minimum Gasteiger partial charge on any atom is -0.463 e. The Hall–Kier alpha value is -1.40. The molecule has 0 spiro atoms. The molecule has 6 heteroatoms. The van der Waals surface area contributed by atoms with Gasteiger partial charge in [-0.25, -0.2) is 4.79 Å². The molecule has 0 aliphatic carbocycles. The maximum Gasteiger partial charge on any atom is 0.330 e. The molecule has 0 amide bonds. The number of hydrogen-bond donors (Lipinski definition) is 0. The van der Waals surface area contributed by atoms with Gasteiger partial charge in [0.2, 0.25) is 0 Å². The summed E-state index contributed by atoms with van der Waals surface area (Å²) < 4.78 is 20.1. The largest absolute Gasteiger partial charge is 0.463 e. The van der Waals surface area contributed by atoms with Gasteiger partial charge in [-0.15, -0.1) is 0 Å². The second kappa shape index (κ2) is 15.0. The number of ether oxygens (including phenoxy) is 4. The van der Waals surface area contributed by atoms with Gasteiger partial charge in [-0.1, -0.05) is 26.3 Å². The highest BCUT2D eigenvalue weighted by Gasteiger charge is 2.01. The van der Waals surface area contributed by atoms with E-state index >= 15 is 0 Å². The third-order valence-corrected chi connectivity index (χ3v) is 2.49. The molecule has 0 saturated heterocycles. The van der Waals surface area contributed by atoms with Crippen LogP contribution in [0.4, 0.5) is 0 Å². The average molecular weight is 302 g/mol. The fourth-order valence-electron chi connectivity index (χ4n) is 1.39. The summed E-state index contributed by atoms with van der Waals surface area (Å²) in [6.07, 6.45) is 4.59. The number of hydrogen-bond acceptors (Lipinski definition) is 6. The Morgan fingerprint density at radius 2 is 1.48 bits per heavy atom. The predicted octanol–water partition coefficient (Wildman–Crippen LogP) is 1.87. The van der Waals surface area contributed by atoms with Crippen LogP contribution in [0.25, 0.3) is 0 Å². The van der Waals surface area contributed by atoms with Crippen LogP contribution in [0.1, 0.15) is 32.6 Å². The van der Waals surface area contributed by atoms with E-state index < -0.39 is 5.97 Å². The van der Waals surface area contributed by atoms with E-state index in [-0.39, 0.29) is 19.2 Å². The minimum atomic E-state index is -0.462. The van der Waals surface area contributed by atoms with E-state index in [1.807, 2.05) is 0 Å². The summed E-state index contributed by atoms with van der Waals surface area (Å²) in [6.45, 7) is 7.30. The molecule has 21 heavy (non-hydrogen) atoms. The Morgan fingerprint density at radius 3 is 2.05 bits per heavy atom. The molecule has 6 nitrogen and oxygen atoms in total. The van der Waals surface area contributed by atoms with E-state index in [1.54, 1.807) is 0 Å². The number of rotatable bonds is 14. The standard InChI is InChI=1S/C15H26O6/c1-3-5-6-7-15(17)21-13-11-19-9-8-18-10-12-20-14(16)4-2/h4H,2-3,5-13H2,1H3. The molecule has 0 aliphatic rings. The van der Waals surface area contributed by atoms with Gasteiger partial charge in [0.1, 0.15) is 13.2 Å². The Kier molecular flexibility index (Phi) is 14.0. The van der Waals surface area contributed by atoms with Crippen molar-refractivity contribution < 1.29 is 28.5 Å². The molecule has 0 saturated carbocycles. The third-order valence-electron chi connectivity index (χ3n) is 2.49. The molecule has 0 unspecified atom stereocenters. The molecule has 0 heterocycles. The molecule has 0 fully saturated rings. The molecule has 0 N–H and O–H groups in total. The summed E-state index contributed by atoms with van der Waals surface area (Å²) in [5.41, 5.74) is 0. The van der Waals surface area contributed by atoms with Crippen molar-refractivity contribution >= 4 is 11.9 Å². The van der Waals surface area contributed by atoms with Gasteiger partial charge >= 0.3 is 11.9 Å². The normalized spacial score (nSPS) is 10.1. The highest BCUT2D eigenvalue weighted by Crippen LogP contribution is 2.00. The zero-order chi connectivity index (χ0) is 15.8. The van der Waals surface area contributed by atoms with E-state index in [9.17, 15) is 9.59 Å². The molecular weight excluding hydrogens is 276 g/mol. The van der Waals surface area contributed by atoms with Crippen LogP contribution < -0.4 is 0 Å². The van der Waals surface area contributed by atoms with Crippen LogP contribution in [0.15, 0.2) is 12.7 Å². The first kappa shape index (κ1) is 19.6. The fourth-order valence-corrected chi connectivity index (χ4v) is 1.39. The molecular formula is C15H26O6. The number of carbonyl (C=O) groups is 2. The maximum absolute atomic E-state index is 11.3. The van der Waals surface area contributed by atoms with Gasteiger partial charge in [-0.3, -0.25) is 4.79 Å². The van der Waals surface area contributed by atoms with Crippen molar-refractivity contribution in [3.8, 4) is 0 Å². The Bertz CT molecular complexity index is 290. The maximum atomic E-state index is 11.3. The highest BCUT2D eigenvalue weighted by atomic mass is 16.6. The minimum absolute atomic E-state index is 0.174. The molecule has 0 aromatic heterocycles. The summed E-state index contributed by atoms with van der Waals surface area (Å²) in [5, 5.41) is 0. The van der Waals surface area contributed by atoms with Crippen LogP contribution in [-0.4, -0.2) is 51.6 Å². The van der Waals surface area contributed by atoms with Crippen molar-refractivity contribution in [2.24, 2.45) is 0 Å². The van der Waals surface area contributed by atoms with E-state index in [0.29, 0.717) is 32.8 Å². The van der Waals surface area contributed by atoms with E-state index in [0.717, 1.165) is 25.3 Å². The first-order valence-corrected chi connectivity index (χ1v) is 7.31. The van der Waals surface area contributed by atoms with E-state index in [2.05, 4.69) is 13.5 Å². The van der Waals surface area contributed by atoms with Gasteiger partial charge in [0.05, 0.1) is 26.4 Å². The zero-order valence-corrected chi connectivity index (χ0v) is 12.8. The molecule has 0 atom stereocenters. The third kappa shape index (κ3) is 14.8. The second-order valence-corrected chi connectivity index (χ2v) is 4.27. The Labute approximate surface area is 126 Å². The first-order valence-electron chi connectivity index (χ1n) is 7.31. The van der Waals surface area contributed by atoms with Crippen LogP contribution in [0.5, 0.6) is 0 Å². The van der Waals surface area contributed by atoms with Crippen molar-refractivity contribution in [3.63, 3.8) is 0 Å². The second-order valence-electron chi connectivity index (χ2n) is 4.27. The number of unbranched alkanes of at least 4 members (excludes halogenated alkanes) is 2. The van der Waals surface area contributed by atoms with Crippen molar-refractivity contribution in [1.82, 2.24) is 0 Å². The quantitative estimate of drug-likeness (QED) is 0.277. The fraction of sp³-hybridized carbons (Fsp3) is 0.733. The topological polar surface area (TPSA) is 71.1 Å². The van der Waals surface area contributed by atoms with E-state index in [4.69, 9.17) is 18.9 Å². The molecule has 122 valence electrons. The SMILES string of the molecule is C=CC(=O)OCCOCCOCCOC(=O)CCCCC. The zero-order valence-electron chi connectivity index (χ0n) is 12.8. The van der Waals surface area contributed by atoms with Crippen molar-refractivity contribution in [2.45, 2.75) is 32.6 Å². The smallest absolute Gasteiger partial charge is 0.330 e. The van der Waals surface area contributed by atoms with Crippen LogP contribution in [0.3, 0.4) is 0 Å². The van der Waals surface area contributed by atoms with Gasteiger partial charge in [0, 0.05) is 12.5 Å². The lowest BCUT2D eigenvalue weighted by Crippen LogP contribution is -2.14. The van der Waals surface area contributed by atoms with Crippen molar-refractivity contribution in [1.29, 1.82) is 0 Å². The number of carbonyl (C=O) groups excluding carboxylic acids is 2. The molecule has 0 aromatic carbocycles. The lowest BCUT2D eigenvalue weighted by molar-refractivity contribution is -0.145. The average Bonchev–Trinajstić information content (AvgIpc) is 2.49.